The Kier molecular flexibility index (Phi) is 8.66. The van der Waals surface area contributed by atoms with E-state index >= 15 is 0 Å². The minimum absolute atomic E-state index is 0.0390. The summed E-state index contributed by atoms with van der Waals surface area (Å²) in [7, 11) is 0. The number of anilines is 2. The zero-order valence-electron chi connectivity index (χ0n) is 16.1. The molecule has 0 aliphatic rings. The van der Waals surface area contributed by atoms with Crippen molar-refractivity contribution in [2.45, 2.75) is 39.0 Å². The van der Waals surface area contributed by atoms with Crippen LogP contribution in [-0.2, 0) is 14.4 Å². The van der Waals surface area contributed by atoms with Gasteiger partial charge in [-0.3, -0.25) is 14.4 Å². The summed E-state index contributed by atoms with van der Waals surface area (Å²) < 4.78 is 0. The second kappa shape index (κ2) is 11.5. The van der Waals surface area contributed by atoms with Crippen molar-refractivity contribution in [1.82, 2.24) is 0 Å². The quantitative estimate of drug-likeness (QED) is 0.587. The van der Waals surface area contributed by atoms with E-state index in [1.165, 1.54) is 0 Å². The molecule has 0 aliphatic heterocycles. The van der Waals surface area contributed by atoms with Gasteiger partial charge in [-0.1, -0.05) is 42.0 Å². The van der Waals surface area contributed by atoms with Gasteiger partial charge < -0.3 is 10.6 Å². The molecule has 2 amide bonds. The molecule has 0 saturated heterocycles. The predicted octanol–water partition coefficient (Wildman–Crippen LogP) is 4.73. The average Bonchev–Trinajstić information content (AvgIpc) is 2.68. The summed E-state index contributed by atoms with van der Waals surface area (Å²) in [5.41, 5.74) is 2.42. The maximum absolute atomic E-state index is 12.0. The molecule has 0 saturated carbocycles. The summed E-state index contributed by atoms with van der Waals surface area (Å²) in [6.07, 6.45) is 3.63. The highest BCUT2D eigenvalue weighted by molar-refractivity contribution is 5.96. The third kappa shape index (κ3) is 8.45. The SMILES string of the molecule is C/C(=C/C(=O)CCC(=O)Nc1ccccc1)CCCC(=O)Nc1ccccc1. The van der Waals surface area contributed by atoms with E-state index in [-0.39, 0.29) is 30.4 Å². The molecule has 0 radical (unpaired) electrons. The van der Waals surface area contributed by atoms with Crippen molar-refractivity contribution in [1.29, 1.82) is 0 Å². The maximum atomic E-state index is 12.0. The first-order valence-corrected chi connectivity index (χ1v) is 9.43. The lowest BCUT2D eigenvalue weighted by Gasteiger charge is -2.05. The lowest BCUT2D eigenvalue weighted by atomic mass is 10.1. The molecule has 0 fully saturated rings. The first kappa shape index (κ1) is 21.1. The Balaban J connectivity index is 1.64. The van der Waals surface area contributed by atoms with E-state index < -0.39 is 0 Å². The van der Waals surface area contributed by atoms with Gasteiger partial charge in [-0.2, -0.15) is 0 Å². The summed E-state index contributed by atoms with van der Waals surface area (Å²) in [5, 5.41) is 5.60. The monoisotopic (exact) mass is 378 g/mol. The van der Waals surface area contributed by atoms with Crippen LogP contribution in [0.15, 0.2) is 72.3 Å². The van der Waals surface area contributed by atoms with Crippen molar-refractivity contribution in [3.8, 4) is 0 Å². The van der Waals surface area contributed by atoms with E-state index in [9.17, 15) is 14.4 Å². The van der Waals surface area contributed by atoms with Crippen LogP contribution < -0.4 is 10.6 Å². The normalized spacial score (nSPS) is 11.0. The second-order valence-corrected chi connectivity index (χ2v) is 6.64. The Morgan fingerprint density at radius 2 is 1.21 bits per heavy atom. The van der Waals surface area contributed by atoms with Crippen LogP contribution in [0.4, 0.5) is 11.4 Å². The Morgan fingerprint density at radius 3 is 1.75 bits per heavy atom. The summed E-state index contributed by atoms with van der Waals surface area (Å²) in [5.74, 6) is -0.291. The number of hydrogen-bond acceptors (Lipinski definition) is 3. The number of nitrogens with one attached hydrogen (secondary N) is 2. The van der Waals surface area contributed by atoms with Crippen molar-refractivity contribution in [3.05, 3.63) is 72.3 Å². The molecule has 0 aliphatic carbocycles. The number of ketones is 1. The van der Waals surface area contributed by atoms with E-state index in [2.05, 4.69) is 10.6 Å². The smallest absolute Gasteiger partial charge is 0.224 e. The van der Waals surface area contributed by atoms with Gasteiger partial charge in [0, 0.05) is 30.6 Å². The zero-order chi connectivity index (χ0) is 20.2. The molecule has 146 valence electrons. The van der Waals surface area contributed by atoms with Gasteiger partial charge in [-0.15, -0.1) is 0 Å². The van der Waals surface area contributed by atoms with Crippen LogP contribution >= 0.6 is 0 Å². The van der Waals surface area contributed by atoms with Crippen LogP contribution in [-0.4, -0.2) is 17.6 Å². The van der Waals surface area contributed by atoms with Crippen molar-refractivity contribution in [2.75, 3.05) is 10.6 Å². The van der Waals surface area contributed by atoms with E-state index in [1.807, 2.05) is 55.5 Å². The van der Waals surface area contributed by atoms with Crippen LogP contribution in [0, 0.1) is 0 Å². The largest absolute Gasteiger partial charge is 0.326 e. The molecule has 2 aromatic rings. The third-order valence-electron chi connectivity index (χ3n) is 4.10. The summed E-state index contributed by atoms with van der Waals surface area (Å²) in [6, 6.07) is 18.5. The van der Waals surface area contributed by atoms with Gasteiger partial charge in [0.15, 0.2) is 5.78 Å². The molecule has 0 unspecified atom stereocenters. The topological polar surface area (TPSA) is 75.3 Å². The molecule has 0 bridgehead atoms. The predicted molar refractivity (Wildman–Crippen MR) is 112 cm³/mol. The molecular weight excluding hydrogens is 352 g/mol. The van der Waals surface area contributed by atoms with Crippen molar-refractivity contribution >= 4 is 29.0 Å². The Morgan fingerprint density at radius 1 is 0.714 bits per heavy atom. The highest BCUT2D eigenvalue weighted by Crippen LogP contribution is 2.11. The van der Waals surface area contributed by atoms with Crippen LogP contribution in [0.1, 0.15) is 39.0 Å². The van der Waals surface area contributed by atoms with Gasteiger partial charge in [0.05, 0.1) is 0 Å². The van der Waals surface area contributed by atoms with E-state index in [0.717, 1.165) is 16.9 Å². The van der Waals surface area contributed by atoms with Gasteiger partial charge in [0.1, 0.15) is 0 Å². The number of para-hydroxylation sites is 2. The number of rotatable bonds is 10. The van der Waals surface area contributed by atoms with Crippen molar-refractivity contribution < 1.29 is 14.4 Å². The fourth-order valence-electron chi connectivity index (χ4n) is 2.67. The summed E-state index contributed by atoms with van der Waals surface area (Å²) in [4.78, 5) is 35.8. The highest BCUT2D eigenvalue weighted by Gasteiger charge is 2.07. The second-order valence-electron chi connectivity index (χ2n) is 6.64. The molecule has 0 spiro atoms. The van der Waals surface area contributed by atoms with Gasteiger partial charge in [-0.25, -0.2) is 0 Å². The molecule has 0 aromatic heterocycles. The van der Waals surface area contributed by atoms with E-state index in [0.29, 0.717) is 19.3 Å². The standard InChI is InChI=1S/C23H26N2O3/c1-18(9-8-14-22(27)24-19-10-4-2-5-11-19)17-21(26)15-16-23(28)25-20-12-6-3-7-13-20/h2-7,10-13,17H,8-9,14-16H2,1H3,(H,24,27)(H,25,28)/b18-17-. The molecular formula is C23H26N2O3. The van der Waals surface area contributed by atoms with E-state index in [4.69, 9.17) is 0 Å². The van der Waals surface area contributed by atoms with Crippen molar-refractivity contribution in [2.24, 2.45) is 0 Å². The zero-order valence-corrected chi connectivity index (χ0v) is 16.1. The van der Waals surface area contributed by atoms with E-state index in [1.54, 1.807) is 18.2 Å². The van der Waals surface area contributed by atoms with Crippen LogP contribution in [0.2, 0.25) is 0 Å². The average molecular weight is 378 g/mol. The van der Waals surface area contributed by atoms with Crippen LogP contribution in [0.3, 0.4) is 0 Å². The van der Waals surface area contributed by atoms with Gasteiger partial charge in [0.2, 0.25) is 11.8 Å². The molecule has 0 atom stereocenters. The number of benzene rings is 2. The van der Waals surface area contributed by atoms with Gasteiger partial charge in [-0.05, 0) is 50.1 Å². The van der Waals surface area contributed by atoms with Crippen molar-refractivity contribution in [3.63, 3.8) is 0 Å². The fourth-order valence-corrected chi connectivity index (χ4v) is 2.67. The highest BCUT2D eigenvalue weighted by atomic mass is 16.2. The molecule has 2 aromatic carbocycles. The summed E-state index contributed by atoms with van der Waals surface area (Å²) >= 11 is 0. The van der Waals surface area contributed by atoms with Crippen LogP contribution in [0.5, 0.6) is 0 Å². The first-order valence-electron chi connectivity index (χ1n) is 9.43. The molecule has 0 heterocycles. The third-order valence-corrected chi connectivity index (χ3v) is 4.10. The molecule has 28 heavy (non-hydrogen) atoms. The number of allylic oxidation sites excluding steroid dienone is 2. The first-order chi connectivity index (χ1) is 13.5. The molecule has 2 N–H and O–H groups in total. The van der Waals surface area contributed by atoms with Gasteiger partial charge >= 0.3 is 0 Å². The minimum Gasteiger partial charge on any atom is -0.326 e. The van der Waals surface area contributed by atoms with Crippen LogP contribution in [0.25, 0.3) is 0 Å². The number of carbonyl (C=O) groups excluding carboxylic acids is 3. The fraction of sp³-hybridized carbons (Fsp3) is 0.261. The molecule has 5 heteroatoms. The lowest BCUT2D eigenvalue weighted by molar-refractivity contribution is -0.120. The number of amides is 2. The molecule has 2 rings (SSSR count). The minimum atomic E-state index is -0.178. The van der Waals surface area contributed by atoms with Gasteiger partial charge in [0.25, 0.3) is 0 Å². The number of carbonyl (C=O) groups is 3. The lowest BCUT2D eigenvalue weighted by Crippen LogP contribution is -2.12. The maximum Gasteiger partial charge on any atom is 0.224 e. The summed E-state index contributed by atoms with van der Waals surface area (Å²) in [6.45, 7) is 1.87. The number of hydrogen-bond donors (Lipinski definition) is 2. The Hall–Kier alpha value is -3.21. The Labute approximate surface area is 165 Å². The Bertz CT molecular complexity index is 814. The molecule has 5 nitrogen and oxygen atoms in total.